The van der Waals surface area contributed by atoms with Crippen molar-refractivity contribution in [2.24, 2.45) is 0 Å². The monoisotopic (exact) mass is 413 g/mol. The molecule has 2 N–H and O–H groups in total. The largest absolute Gasteiger partial charge is 0.478 e. The van der Waals surface area contributed by atoms with E-state index < -0.39 is 16.0 Å². The number of halogens is 1. The fraction of sp³-hybridized carbons (Fsp3) is 0.417. The van der Waals surface area contributed by atoms with Crippen molar-refractivity contribution < 1.29 is 23.1 Å². The summed E-state index contributed by atoms with van der Waals surface area (Å²) in [6.45, 7) is 3.18. The van der Waals surface area contributed by atoms with Crippen LogP contribution in [0.1, 0.15) is 23.7 Å². The Balaban J connectivity index is 2.77. The summed E-state index contributed by atoms with van der Waals surface area (Å²) in [5, 5.41) is 8.99. The van der Waals surface area contributed by atoms with E-state index in [2.05, 4.69) is 4.72 Å². The molecule has 0 amide bonds. The van der Waals surface area contributed by atoms with Crippen LogP contribution in [0.15, 0.2) is 23.1 Å². The van der Waals surface area contributed by atoms with E-state index in [4.69, 9.17) is 9.84 Å². The van der Waals surface area contributed by atoms with Gasteiger partial charge in [-0.25, -0.2) is 17.9 Å². The third-order valence-electron chi connectivity index (χ3n) is 2.44. The van der Waals surface area contributed by atoms with Gasteiger partial charge in [0.2, 0.25) is 10.0 Å². The second-order valence-electron chi connectivity index (χ2n) is 3.90. The molecule has 1 rings (SSSR count). The average molecular weight is 413 g/mol. The number of carbonyl (C=O) groups is 1. The van der Waals surface area contributed by atoms with Crippen molar-refractivity contribution in [1.29, 1.82) is 0 Å². The van der Waals surface area contributed by atoms with E-state index in [9.17, 15) is 13.2 Å². The van der Waals surface area contributed by atoms with Gasteiger partial charge in [-0.3, -0.25) is 0 Å². The van der Waals surface area contributed by atoms with Crippen LogP contribution in [-0.4, -0.2) is 39.3 Å². The maximum atomic E-state index is 12.0. The van der Waals surface area contributed by atoms with Crippen LogP contribution in [0.4, 0.5) is 0 Å². The summed E-state index contributed by atoms with van der Waals surface area (Å²) in [5.41, 5.74) is -0.0252. The van der Waals surface area contributed by atoms with Crippen LogP contribution in [0.5, 0.6) is 0 Å². The first-order valence-corrected chi connectivity index (χ1v) is 8.55. The summed E-state index contributed by atoms with van der Waals surface area (Å²) in [6.07, 6.45) is 0.559. The normalized spacial score (nSPS) is 11.5. The van der Waals surface area contributed by atoms with Crippen LogP contribution in [0.2, 0.25) is 0 Å². The molecule has 0 saturated carbocycles. The van der Waals surface area contributed by atoms with Gasteiger partial charge in [0.05, 0.1) is 10.5 Å². The molecular weight excluding hydrogens is 397 g/mol. The average Bonchev–Trinajstić information content (AvgIpc) is 2.38. The molecule has 0 saturated heterocycles. The van der Waals surface area contributed by atoms with Crippen LogP contribution in [0, 0.1) is 3.57 Å². The predicted octanol–water partition coefficient (Wildman–Crippen LogP) is 1.69. The number of sulfonamides is 1. The highest BCUT2D eigenvalue weighted by Gasteiger charge is 2.17. The van der Waals surface area contributed by atoms with Crippen LogP contribution in [0.3, 0.4) is 0 Å². The summed E-state index contributed by atoms with van der Waals surface area (Å²) in [6, 6.07) is 4.02. The Morgan fingerprint density at radius 2 is 2.15 bits per heavy atom. The first-order valence-electron chi connectivity index (χ1n) is 5.98. The quantitative estimate of drug-likeness (QED) is 0.500. The lowest BCUT2D eigenvalue weighted by Gasteiger charge is -2.08. The number of hydrogen-bond acceptors (Lipinski definition) is 4. The molecule has 0 fully saturated rings. The fourth-order valence-electron chi connectivity index (χ4n) is 1.44. The van der Waals surface area contributed by atoms with Gasteiger partial charge in [0, 0.05) is 23.3 Å². The lowest BCUT2D eigenvalue weighted by atomic mass is 10.2. The maximum absolute atomic E-state index is 12.0. The number of ether oxygens (including phenoxy) is 1. The van der Waals surface area contributed by atoms with E-state index in [0.717, 1.165) is 6.07 Å². The summed E-state index contributed by atoms with van der Waals surface area (Å²) < 4.78 is 32.0. The Kier molecular flexibility index (Phi) is 6.86. The molecule has 112 valence electrons. The molecule has 0 aliphatic carbocycles. The van der Waals surface area contributed by atoms with Crippen molar-refractivity contribution in [2.45, 2.75) is 18.2 Å². The first kappa shape index (κ1) is 17.3. The van der Waals surface area contributed by atoms with Gasteiger partial charge in [0.15, 0.2) is 0 Å². The molecule has 1 aromatic rings. The van der Waals surface area contributed by atoms with Crippen molar-refractivity contribution in [2.75, 3.05) is 19.8 Å². The van der Waals surface area contributed by atoms with Crippen LogP contribution in [0.25, 0.3) is 0 Å². The number of carboxylic acid groups (broad SMARTS) is 1. The molecule has 0 radical (unpaired) electrons. The number of nitrogens with one attached hydrogen (secondary N) is 1. The van der Waals surface area contributed by atoms with Crippen LogP contribution in [-0.2, 0) is 14.8 Å². The zero-order chi connectivity index (χ0) is 15.2. The number of hydrogen-bond donors (Lipinski definition) is 2. The summed E-state index contributed by atoms with van der Waals surface area (Å²) >= 11 is 1.85. The van der Waals surface area contributed by atoms with E-state index in [1.54, 1.807) is 0 Å². The Labute approximate surface area is 131 Å². The predicted molar refractivity (Wildman–Crippen MR) is 82.4 cm³/mol. The minimum Gasteiger partial charge on any atom is -0.478 e. The van der Waals surface area contributed by atoms with Gasteiger partial charge >= 0.3 is 5.97 Å². The molecule has 1 aromatic carbocycles. The van der Waals surface area contributed by atoms with E-state index in [1.807, 2.05) is 29.5 Å². The van der Waals surface area contributed by atoms with Gasteiger partial charge in [0.1, 0.15) is 0 Å². The molecule has 0 bridgehead atoms. The Morgan fingerprint density at radius 3 is 2.75 bits per heavy atom. The van der Waals surface area contributed by atoms with Crippen molar-refractivity contribution >= 4 is 38.6 Å². The molecule has 0 aromatic heterocycles. The highest BCUT2D eigenvalue weighted by molar-refractivity contribution is 14.1. The van der Waals surface area contributed by atoms with E-state index in [1.165, 1.54) is 12.1 Å². The molecule has 0 spiro atoms. The molecule has 0 aliphatic heterocycles. The van der Waals surface area contributed by atoms with Crippen molar-refractivity contribution in [3.63, 3.8) is 0 Å². The van der Waals surface area contributed by atoms with Gasteiger partial charge in [-0.05, 0) is 54.1 Å². The van der Waals surface area contributed by atoms with E-state index in [0.29, 0.717) is 23.2 Å². The van der Waals surface area contributed by atoms with Gasteiger partial charge in [-0.1, -0.05) is 0 Å². The van der Waals surface area contributed by atoms with Gasteiger partial charge in [-0.2, -0.15) is 0 Å². The minimum atomic E-state index is -3.69. The first-order chi connectivity index (χ1) is 9.38. The van der Waals surface area contributed by atoms with E-state index >= 15 is 0 Å². The number of rotatable bonds is 8. The molecule has 0 unspecified atom stereocenters. The Morgan fingerprint density at radius 1 is 1.45 bits per heavy atom. The van der Waals surface area contributed by atoms with Crippen LogP contribution >= 0.6 is 22.6 Å². The van der Waals surface area contributed by atoms with Crippen molar-refractivity contribution in [3.05, 3.63) is 27.3 Å². The molecule has 0 atom stereocenters. The number of benzene rings is 1. The Bertz CT molecular complexity index is 573. The van der Waals surface area contributed by atoms with Gasteiger partial charge in [0.25, 0.3) is 0 Å². The topological polar surface area (TPSA) is 92.7 Å². The molecule has 20 heavy (non-hydrogen) atoms. The Hall–Kier alpha value is -0.710. The van der Waals surface area contributed by atoms with E-state index in [-0.39, 0.29) is 17.0 Å². The standard InChI is InChI=1S/C12H16INO5S/c1-2-19-7-3-6-14-20(17,18)9-4-5-11(13)10(8-9)12(15)16/h4-5,8,14H,2-3,6-7H2,1H3,(H,15,16). The zero-order valence-electron chi connectivity index (χ0n) is 10.9. The minimum absolute atomic E-state index is 0.0252. The number of carboxylic acids is 1. The highest BCUT2D eigenvalue weighted by atomic mass is 127. The molecule has 8 heteroatoms. The van der Waals surface area contributed by atoms with Crippen LogP contribution < -0.4 is 4.72 Å². The maximum Gasteiger partial charge on any atom is 0.336 e. The lowest BCUT2D eigenvalue weighted by molar-refractivity contribution is 0.0695. The molecule has 0 aliphatic rings. The third-order valence-corrected chi connectivity index (χ3v) is 4.84. The smallest absolute Gasteiger partial charge is 0.336 e. The number of aromatic carboxylic acids is 1. The molecular formula is C12H16INO5S. The molecule has 6 nitrogen and oxygen atoms in total. The zero-order valence-corrected chi connectivity index (χ0v) is 13.9. The van der Waals surface area contributed by atoms with Gasteiger partial charge < -0.3 is 9.84 Å². The third kappa shape index (κ3) is 5.00. The lowest BCUT2D eigenvalue weighted by Crippen LogP contribution is -2.26. The summed E-state index contributed by atoms with van der Waals surface area (Å²) in [5.74, 6) is -1.15. The highest BCUT2D eigenvalue weighted by Crippen LogP contribution is 2.17. The van der Waals surface area contributed by atoms with Crippen molar-refractivity contribution in [1.82, 2.24) is 4.72 Å². The second-order valence-corrected chi connectivity index (χ2v) is 6.82. The molecule has 0 heterocycles. The fourth-order valence-corrected chi connectivity index (χ4v) is 3.11. The van der Waals surface area contributed by atoms with Gasteiger partial charge in [-0.15, -0.1) is 0 Å². The summed E-state index contributed by atoms with van der Waals surface area (Å²) in [4.78, 5) is 10.9. The summed E-state index contributed by atoms with van der Waals surface area (Å²) in [7, 11) is -3.69. The SMILES string of the molecule is CCOCCCNS(=O)(=O)c1ccc(I)c(C(=O)O)c1. The van der Waals surface area contributed by atoms with Crippen molar-refractivity contribution in [3.8, 4) is 0 Å². The second kappa shape index (κ2) is 7.91.